The largest absolute Gasteiger partial charge is 0.298 e. The molecule has 2 rings (SSSR count). The summed E-state index contributed by atoms with van der Waals surface area (Å²) < 4.78 is 66.6. The smallest absolute Gasteiger partial charge is 0.200 e. The van der Waals surface area contributed by atoms with Crippen LogP contribution in [0.5, 0.6) is 0 Å². The number of pyridine rings is 1. The Balaban J connectivity index is 2.89. The van der Waals surface area contributed by atoms with Gasteiger partial charge in [-0.2, -0.15) is 0 Å². The molecule has 0 bridgehead atoms. The van der Waals surface area contributed by atoms with Crippen LogP contribution in [0.15, 0.2) is 6.20 Å². The number of halogens is 7. The van der Waals surface area contributed by atoms with Crippen molar-refractivity contribution in [3.8, 4) is 11.3 Å². The van der Waals surface area contributed by atoms with Crippen molar-refractivity contribution in [3.63, 3.8) is 0 Å². The molecule has 0 saturated carbocycles. The molecule has 2 aromatic rings. The maximum atomic E-state index is 13.7. The Bertz CT molecular complexity index is 737. The summed E-state index contributed by atoms with van der Waals surface area (Å²) in [6.07, 6.45) is 0.979. The molecule has 0 atom stereocenters. The van der Waals surface area contributed by atoms with Crippen molar-refractivity contribution < 1.29 is 26.7 Å². The Kier molecular flexibility index (Phi) is 4.15. The van der Waals surface area contributed by atoms with Crippen LogP contribution in [-0.4, -0.2) is 11.3 Å². The van der Waals surface area contributed by atoms with Crippen molar-refractivity contribution >= 4 is 29.5 Å². The molecule has 110 valence electrons. The maximum Gasteiger partial charge on any atom is 0.200 e. The predicted octanol–water partition coefficient (Wildman–Crippen LogP) is 4.56. The van der Waals surface area contributed by atoms with Crippen LogP contribution < -0.4 is 0 Å². The van der Waals surface area contributed by atoms with Gasteiger partial charge < -0.3 is 0 Å². The zero-order valence-corrected chi connectivity index (χ0v) is 11.2. The zero-order valence-electron chi connectivity index (χ0n) is 9.66. The van der Waals surface area contributed by atoms with Crippen molar-refractivity contribution in [1.82, 2.24) is 4.98 Å². The fourth-order valence-electron chi connectivity index (χ4n) is 1.57. The van der Waals surface area contributed by atoms with Gasteiger partial charge in [0.05, 0.1) is 26.9 Å². The first-order valence-electron chi connectivity index (χ1n) is 5.12. The van der Waals surface area contributed by atoms with Gasteiger partial charge in [0.2, 0.25) is 5.82 Å². The molecule has 0 aliphatic carbocycles. The van der Waals surface area contributed by atoms with Gasteiger partial charge in [-0.1, -0.05) is 23.2 Å². The van der Waals surface area contributed by atoms with Crippen LogP contribution in [-0.2, 0) is 0 Å². The average molecular weight is 342 g/mol. The summed E-state index contributed by atoms with van der Waals surface area (Å²) in [5.74, 6) is -10.8. The monoisotopic (exact) mass is 341 g/mol. The Morgan fingerprint density at radius 1 is 0.905 bits per heavy atom. The van der Waals surface area contributed by atoms with E-state index in [4.69, 9.17) is 23.2 Å². The van der Waals surface area contributed by atoms with Gasteiger partial charge in [-0.3, -0.25) is 9.78 Å². The molecule has 21 heavy (non-hydrogen) atoms. The molecule has 1 aromatic carbocycles. The van der Waals surface area contributed by atoms with Crippen LogP contribution in [0.1, 0.15) is 10.4 Å². The highest BCUT2D eigenvalue weighted by Crippen LogP contribution is 2.36. The molecule has 0 aliphatic rings. The van der Waals surface area contributed by atoms with Gasteiger partial charge in [-0.05, 0) is 0 Å². The molecular formula is C12H2Cl2F5NO. The minimum Gasteiger partial charge on any atom is -0.298 e. The van der Waals surface area contributed by atoms with E-state index < -0.39 is 45.4 Å². The van der Waals surface area contributed by atoms with Gasteiger partial charge >= 0.3 is 0 Å². The molecule has 0 amide bonds. The Labute approximate surface area is 124 Å². The Morgan fingerprint density at radius 2 is 1.38 bits per heavy atom. The molecule has 1 heterocycles. The molecule has 1 aromatic heterocycles. The number of nitrogens with zero attached hydrogens (tertiary/aromatic N) is 1. The van der Waals surface area contributed by atoms with Crippen molar-refractivity contribution in [2.24, 2.45) is 0 Å². The van der Waals surface area contributed by atoms with Crippen LogP contribution in [0.3, 0.4) is 0 Å². The van der Waals surface area contributed by atoms with Crippen molar-refractivity contribution in [2.75, 3.05) is 0 Å². The number of aromatic nitrogens is 1. The Hall–Kier alpha value is -1.73. The highest BCUT2D eigenvalue weighted by atomic mass is 35.5. The summed E-state index contributed by atoms with van der Waals surface area (Å²) in [5, 5.41) is -0.858. The highest BCUT2D eigenvalue weighted by Gasteiger charge is 2.29. The number of rotatable bonds is 2. The number of carbonyl (C=O) groups excluding carboxylic acids is 1. The molecule has 0 unspecified atom stereocenters. The third-order valence-electron chi connectivity index (χ3n) is 2.57. The number of hydrogen-bond acceptors (Lipinski definition) is 2. The van der Waals surface area contributed by atoms with E-state index in [0.717, 1.165) is 6.20 Å². The summed E-state index contributed by atoms with van der Waals surface area (Å²) in [5.41, 5.74) is -2.50. The van der Waals surface area contributed by atoms with E-state index in [1.54, 1.807) is 0 Å². The fraction of sp³-hybridized carbons (Fsp3) is 0. The van der Waals surface area contributed by atoms with E-state index in [9.17, 15) is 26.7 Å². The lowest BCUT2D eigenvalue weighted by Gasteiger charge is -2.10. The van der Waals surface area contributed by atoms with Gasteiger partial charge in [0.25, 0.3) is 0 Å². The van der Waals surface area contributed by atoms with Gasteiger partial charge in [0, 0.05) is 6.20 Å². The van der Waals surface area contributed by atoms with Crippen molar-refractivity contribution in [1.29, 1.82) is 0 Å². The van der Waals surface area contributed by atoms with Crippen LogP contribution in [0, 0.1) is 29.1 Å². The fourth-order valence-corrected chi connectivity index (χ4v) is 2.10. The second-order valence-electron chi connectivity index (χ2n) is 3.75. The van der Waals surface area contributed by atoms with Gasteiger partial charge in [-0.25, -0.2) is 22.0 Å². The lowest BCUT2D eigenvalue weighted by atomic mass is 10.1. The summed E-state index contributed by atoms with van der Waals surface area (Å²) in [7, 11) is 0. The number of benzene rings is 1. The van der Waals surface area contributed by atoms with Gasteiger partial charge in [0.1, 0.15) is 0 Å². The molecule has 2 nitrogen and oxygen atoms in total. The summed E-state index contributed by atoms with van der Waals surface area (Å²) in [6, 6.07) is 0. The first-order valence-corrected chi connectivity index (χ1v) is 5.87. The third-order valence-corrected chi connectivity index (χ3v) is 3.26. The van der Waals surface area contributed by atoms with Gasteiger partial charge in [0.15, 0.2) is 29.6 Å². The van der Waals surface area contributed by atoms with Crippen molar-refractivity contribution in [2.45, 2.75) is 0 Å². The Morgan fingerprint density at radius 3 is 1.86 bits per heavy atom. The molecule has 0 N–H and O–H groups in total. The van der Waals surface area contributed by atoms with Crippen LogP contribution in [0.25, 0.3) is 11.3 Å². The molecule has 0 fully saturated rings. The molecular weight excluding hydrogens is 340 g/mol. The topological polar surface area (TPSA) is 30.0 Å². The van der Waals surface area contributed by atoms with E-state index in [1.807, 2.05) is 0 Å². The summed E-state index contributed by atoms with van der Waals surface area (Å²) in [6.45, 7) is 0. The average Bonchev–Trinajstić information content (AvgIpc) is 2.46. The molecule has 0 spiro atoms. The zero-order chi connectivity index (χ0) is 15.9. The predicted molar refractivity (Wildman–Crippen MR) is 64.9 cm³/mol. The normalized spacial score (nSPS) is 10.8. The third kappa shape index (κ3) is 2.36. The van der Waals surface area contributed by atoms with Crippen LogP contribution in [0.2, 0.25) is 10.0 Å². The van der Waals surface area contributed by atoms with E-state index in [0.29, 0.717) is 0 Å². The molecule has 9 heteroatoms. The van der Waals surface area contributed by atoms with E-state index in [2.05, 4.69) is 4.98 Å². The minimum atomic E-state index is -2.31. The second-order valence-corrected chi connectivity index (χ2v) is 4.53. The standard InChI is InChI=1S/C12H2Cl2F5NO/c13-4-1-20-12(6(14)3(4)2-21)5-7(15)9(17)11(19)10(18)8(5)16/h1-2H. The lowest BCUT2D eigenvalue weighted by molar-refractivity contribution is 0.112. The maximum absolute atomic E-state index is 13.7. The lowest BCUT2D eigenvalue weighted by Crippen LogP contribution is -2.06. The number of aldehydes is 1. The highest BCUT2D eigenvalue weighted by molar-refractivity contribution is 6.39. The van der Waals surface area contributed by atoms with Crippen LogP contribution >= 0.6 is 23.2 Å². The van der Waals surface area contributed by atoms with E-state index in [1.165, 1.54) is 0 Å². The molecule has 0 saturated heterocycles. The minimum absolute atomic E-state index is 0.169. The van der Waals surface area contributed by atoms with Crippen molar-refractivity contribution in [3.05, 3.63) is 50.9 Å². The first kappa shape index (κ1) is 15.7. The SMILES string of the molecule is O=Cc1c(Cl)cnc(-c2c(F)c(F)c(F)c(F)c2F)c1Cl. The molecule has 0 radical (unpaired) electrons. The molecule has 0 aliphatic heterocycles. The quantitative estimate of drug-likeness (QED) is 0.347. The first-order chi connectivity index (χ1) is 9.81. The summed E-state index contributed by atoms with van der Waals surface area (Å²) in [4.78, 5) is 14.2. The van der Waals surface area contributed by atoms with E-state index >= 15 is 0 Å². The number of carbonyl (C=O) groups is 1. The van der Waals surface area contributed by atoms with Gasteiger partial charge in [-0.15, -0.1) is 0 Å². The number of hydrogen-bond donors (Lipinski definition) is 0. The van der Waals surface area contributed by atoms with E-state index in [-0.39, 0.29) is 16.9 Å². The summed E-state index contributed by atoms with van der Waals surface area (Å²) >= 11 is 11.3. The second kappa shape index (κ2) is 5.57. The van der Waals surface area contributed by atoms with Crippen LogP contribution in [0.4, 0.5) is 22.0 Å².